The summed E-state index contributed by atoms with van der Waals surface area (Å²) < 4.78 is 6.31. The van der Waals surface area contributed by atoms with Crippen molar-refractivity contribution >= 4 is 21.7 Å². The summed E-state index contributed by atoms with van der Waals surface area (Å²) >= 11 is 3.45. The van der Waals surface area contributed by atoms with Crippen molar-refractivity contribution in [3.8, 4) is 17.1 Å². The van der Waals surface area contributed by atoms with Crippen LogP contribution in [0.15, 0.2) is 28.7 Å². The van der Waals surface area contributed by atoms with Gasteiger partial charge in [0.25, 0.3) is 0 Å². The molecule has 0 bridgehead atoms. The quantitative estimate of drug-likeness (QED) is 0.945. The van der Waals surface area contributed by atoms with Gasteiger partial charge >= 0.3 is 0 Å². The molecule has 0 aliphatic heterocycles. The van der Waals surface area contributed by atoms with Gasteiger partial charge in [-0.05, 0) is 25.1 Å². The van der Waals surface area contributed by atoms with Gasteiger partial charge in [0, 0.05) is 23.3 Å². The Morgan fingerprint density at radius 1 is 1.22 bits per heavy atom. The maximum absolute atomic E-state index is 5.35. The van der Waals surface area contributed by atoms with E-state index in [-0.39, 0.29) is 0 Å². The Morgan fingerprint density at radius 3 is 2.67 bits per heavy atom. The second-order valence-corrected chi connectivity index (χ2v) is 4.73. The lowest BCUT2D eigenvalue weighted by molar-refractivity contribution is 0.416. The summed E-state index contributed by atoms with van der Waals surface area (Å²) in [7, 11) is 3.48. The first-order valence-corrected chi connectivity index (χ1v) is 6.30. The van der Waals surface area contributed by atoms with Gasteiger partial charge in [-0.3, -0.25) is 0 Å². The maximum atomic E-state index is 5.35. The van der Waals surface area contributed by atoms with Crippen LogP contribution in [0.4, 0.5) is 5.82 Å². The van der Waals surface area contributed by atoms with Crippen molar-refractivity contribution in [2.45, 2.75) is 6.92 Å². The Balaban J connectivity index is 2.60. The highest BCUT2D eigenvalue weighted by atomic mass is 79.9. The van der Waals surface area contributed by atoms with E-state index in [9.17, 15) is 0 Å². The van der Waals surface area contributed by atoms with Gasteiger partial charge in [0.1, 0.15) is 11.6 Å². The van der Waals surface area contributed by atoms with E-state index in [0.29, 0.717) is 5.82 Å². The lowest BCUT2D eigenvalue weighted by atomic mass is 10.2. The van der Waals surface area contributed by atoms with E-state index in [1.165, 1.54) is 0 Å². The van der Waals surface area contributed by atoms with E-state index in [1.54, 1.807) is 7.11 Å². The number of aromatic nitrogens is 2. The van der Waals surface area contributed by atoms with Crippen molar-refractivity contribution in [3.63, 3.8) is 0 Å². The van der Waals surface area contributed by atoms with Crippen LogP contribution in [0, 0.1) is 6.92 Å². The number of anilines is 1. The van der Waals surface area contributed by atoms with Crippen LogP contribution in [0.2, 0.25) is 0 Å². The molecule has 0 saturated carbocycles. The molecular weight excluding hydrogens is 294 g/mol. The van der Waals surface area contributed by atoms with Crippen LogP contribution in [0.25, 0.3) is 11.4 Å². The highest BCUT2D eigenvalue weighted by Gasteiger charge is 2.10. The zero-order valence-electron chi connectivity index (χ0n) is 10.5. The zero-order valence-corrected chi connectivity index (χ0v) is 12.1. The van der Waals surface area contributed by atoms with Crippen molar-refractivity contribution < 1.29 is 4.74 Å². The van der Waals surface area contributed by atoms with Crippen molar-refractivity contribution in [2.75, 3.05) is 19.5 Å². The molecule has 1 N–H and O–H groups in total. The highest BCUT2D eigenvalue weighted by molar-refractivity contribution is 9.10. The summed E-state index contributed by atoms with van der Waals surface area (Å²) in [5.41, 5.74) is 1.78. The number of aryl methyl sites for hydroxylation is 1. The van der Waals surface area contributed by atoms with Gasteiger partial charge < -0.3 is 10.1 Å². The molecule has 5 heteroatoms. The number of hydrogen-bond donors (Lipinski definition) is 1. The molecule has 0 saturated heterocycles. The Morgan fingerprint density at radius 2 is 2.00 bits per heavy atom. The van der Waals surface area contributed by atoms with E-state index in [2.05, 4.69) is 31.2 Å². The molecule has 0 fully saturated rings. The third-order valence-corrected chi connectivity index (χ3v) is 3.01. The number of hydrogen-bond acceptors (Lipinski definition) is 4. The van der Waals surface area contributed by atoms with Gasteiger partial charge in [0.05, 0.1) is 12.7 Å². The van der Waals surface area contributed by atoms with Crippen LogP contribution in [0.5, 0.6) is 5.75 Å². The molecule has 0 aliphatic carbocycles. The number of nitrogens with one attached hydrogen (secondary N) is 1. The molecule has 0 amide bonds. The molecule has 18 heavy (non-hydrogen) atoms. The fourth-order valence-corrected chi connectivity index (χ4v) is 2.03. The number of benzene rings is 1. The standard InChI is InChI=1S/C13H14BrN3O/c1-8-6-12(15-2)17-13(16-8)10-7-9(14)4-5-11(10)18-3/h4-7H,1-3H3,(H,15,16,17). The average molecular weight is 308 g/mol. The molecule has 4 nitrogen and oxygen atoms in total. The fraction of sp³-hybridized carbons (Fsp3) is 0.231. The molecule has 0 aliphatic rings. The number of methoxy groups -OCH3 is 1. The largest absolute Gasteiger partial charge is 0.496 e. The third-order valence-electron chi connectivity index (χ3n) is 2.51. The Kier molecular flexibility index (Phi) is 3.81. The minimum absolute atomic E-state index is 0.650. The topological polar surface area (TPSA) is 47.0 Å². The smallest absolute Gasteiger partial charge is 0.165 e. The molecule has 2 aromatic rings. The predicted molar refractivity (Wildman–Crippen MR) is 76.0 cm³/mol. The molecule has 1 aromatic heterocycles. The average Bonchev–Trinajstić information content (AvgIpc) is 2.38. The Bertz CT molecular complexity index is 572. The van der Waals surface area contributed by atoms with Gasteiger partial charge in [-0.2, -0.15) is 0 Å². The first-order chi connectivity index (χ1) is 8.63. The van der Waals surface area contributed by atoms with E-state index in [1.807, 2.05) is 38.2 Å². The van der Waals surface area contributed by atoms with Crippen LogP contribution >= 0.6 is 15.9 Å². The van der Waals surface area contributed by atoms with Crippen molar-refractivity contribution in [1.82, 2.24) is 9.97 Å². The molecule has 1 aromatic carbocycles. The molecule has 0 spiro atoms. The first kappa shape index (κ1) is 12.8. The van der Waals surface area contributed by atoms with Gasteiger partial charge in [0.15, 0.2) is 5.82 Å². The minimum Gasteiger partial charge on any atom is -0.496 e. The zero-order chi connectivity index (χ0) is 13.1. The second kappa shape index (κ2) is 5.35. The van der Waals surface area contributed by atoms with Crippen LogP contribution < -0.4 is 10.1 Å². The molecule has 0 unspecified atom stereocenters. The molecular formula is C13H14BrN3O. The van der Waals surface area contributed by atoms with Crippen molar-refractivity contribution in [3.05, 3.63) is 34.4 Å². The predicted octanol–water partition coefficient (Wildman–Crippen LogP) is 3.26. The molecule has 94 valence electrons. The maximum Gasteiger partial charge on any atom is 0.165 e. The van der Waals surface area contributed by atoms with Gasteiger partial charge in [0.2, 0.25) is 0 Å². The molecule has 2 rings (SSSR count). The summed E-state index contributed by atoms with van der Waals surface area (Å²) in [5.74, 6) is 2.20. The summed E-state index contributed by atoms with van der Waals surface area (Å²) in [6, 6.07) is 7.67. The first-order valence-electron chi connectivity index (χ1n) is 5.51. The van der Waals surface area contributed by atoms with Crippen LogP contribution in [-0.2, 0) is 0 Å². The number of halogens is 1. The van der Waals surface area contributed by atoms with Gasteiger partial charge in [-0.25, -0.2) is 9.97 Å². The third kappa shape index (κ3) is 2.61. The Hall–Kier alpha value is -1.62. The summed E-state index contributed by atoms with van der Waals surface area (Å²) in [6.07, 6.45) is 0. The lowest BCUT2D eigenvalue weighted by Gasteiger charge is -2.10. The molecule has 0 atom stereocenters. The summed E-state index contributed by atoms with van der Waals surface area (Å²) in [6.45, 7) is 1.94. The minimum atomic E-state index is 0.650. The van der Waals surface area contributed by atoms with Crippen molar-refractivity contribution in [1.29, 1.82) is 0 Å². The second-order valence-electron chi connectivity index (χ2n) is 3.81. The van der Waals surface area contributed by atoms with Crippen LogP contribution in [0.3, 0.4) is 0 Å². The van der Waals surface area contributed by atoms with Crippen LogP contribution in [-0.4, -0.2) is 24.1 Å². The number of ether oxygens (including phenoxy) is 1. The molecule has 0 radical (unpaired) electrons. The Labute approximate surface area is 115 Å². The van der Waals surface area contributed by atoms with Crippen LogP contribution in [0.1, 0.15) is 5.69 Å². The van der Waals surface area contributed by atoms with E-state index in [4.69, 9.17) is 4.74 Å². The number of nitrogens with zero attached hydrogens (tertiary/aromatic N) is 2. The van der Waals surface area contributed by atoms with Crippen molar-refractivity contribution in [2.24, 2.45) is 0 Å². The van der Waals surface area contributed by atoms with Gasteiger partial charge in [-0.15, -0.1) is 0 Å². The van der Waals surface area contributed by atoms with E-state index >= 15 is 0 Å². The van der Waals surface area contributed by atoms with E-state index in [0.717, 1.165) is 27.3 Å². The lowest BCUT2D eigenvalue weighted by Crippen LogP contribution is -1.99. The SMILES string of the molecule is CNc1cc(C)nc(-c2cc(Br)ccc2OC)n1. The summed E-state index contributed by atoms with van der Waals surface area (Å²) in [4.78, 5) is 8.90. The van der Waals surface area contributed by atoms with Gasteiger partial charge in [-0.1, -0.05) is 15.9 Å². The molecule has 1 heterocycles. The number of rotatable bonds is 3. The highest BCUT2D eigenvalue weighted by Crippen LogP contribution is 2.31. The summed E-state index contributed by atoms with van der Waals surface area (Å²) in [5, 5.41) is 3.03. The van der Waals surface area contributed by atoms with E-state index < -0.39 is 0 Å². The monoisotopic (exact) mass is 307 g/mol. The fourth-order valence-electron chi connectivity index (χ4n) is 1.67. The normalized spacial score (nSPS) is 10.2.